The minimum atomic E-state index is 0.226. The fourth-order valence-electron chi connectivity index (χ4n) is 1.73. The van der Waals surface area contributed by atoms with Crippen molar-refractivity contribution in [2.45, 2.75) is 6.42 Å². The largest absolute Gasteiger partial charge is 0.373 e. The van der Waals surface area contributed by atoms with Gasteiger partial charge in [-0.25, -0.2) is 0 Å². The summed E-state index contributed by atoms with van der Waals surface area (Å²) in [4.78, 5) is 8.13. The molecule has 0 bridgehead atoms. The molecule has 0 aliphatic heterocycles. The van der Waals surface area contributed by atoms with Gasteiger partial charge in [-0.1, -0.05) is 29.3 Å². The number of nitrogens with one attached hydrogen (secondary N) is 2. The maximum Gasteiger partial charge on any atom is 0.223 e. The molecule has 0 fully saturated rings. The van der Waals surface area contributed by atoms with Crippen molar-refractivity contribution in [1.29, 1.82) is 0 Å². The van der Waals surface area contributed by atoms with E-state index in [1.165, 1.54) is 0 Å². The van der Waals surface area contributed by atoms with E-state index >= 15 is 0 Å². The molecule has 1 aromatic heterocycles. The second kappa shape index (κ2) is 6.63. The molecule has 0 aliphatic carbocycles. The highest BCUT2D eigenvalue weighted by Crippen LogP contribution is 2.21. The molecule has 0 unspecified atom stereocenters. The maximum atomic E-state index is 6.12. The lowest BCUT2D eigenvalue weighted by Gasteiger charge is -2.09. The van der Waals surface area contributed by atoms with Crippen LogP contribution in [0.25, 0.3) is 0 Å². The van der Waals surface area contributed by atoms with Crippen molar-refractivity contribution in [1.82, 2.24) is 9.97 Å². The van der Waals surface area contributed by atoms with Crippen LogP contribution in [0.5, 0.6) is 0 Å². The van der Waals surface area contributed by atoms with Gasteiger partial charge in [-0.2, -0.15) is 9.97 Å². The second-order valence-electron chi connectivity index (χ2n) is 4.16. The van der Waals surface area contributed by atoms with Gasteiger partial charge in [0.15, 0.2) is 0 Å². The van der Waals surface area contributed by atoms with Gasteiger partial charge in [0.2, 0.25) is 5.95 Å². The van der Waals surface area contributed by atoms with Crippen molar-refractivity contribution >= 4 is 40.8 Å². The Morgan fingerprint density at radius 3 is 2.60 bits per heavy atom. The van der Waals surface area contributed by atoms with Gasteiger partial charge in [-0.3, -0.25) is 0 Å². The van der Waals surface area contributed by atoms with Crippen molar-refractivity contribution in [3.63, 3.8) is 0 Å². The van der Waals surface area contributed by atoms with E-state index in [-0.39, 0.29) is 5.95 Å². The predicted octanol–water partition coefficient (Wildman–Crippen LogP) is 3.06. The second-order valence-corrected chi connectivity index (χ2v) is 5.00. The van der Waals surface area contributed by atoms with Crippen LogP contribution in [0.1, 0.15) is 5.56 Å². The summed E-state index contributed by atoms with van der Waals surface area (Å²) in [6.07, 6.45) is 0.759. The maximum absolute atomic E-state index is 6.12. The Balaban J connectivity index is 1.97. The summed E-state index contributed by atoms with van der Waals surface area (Å²) in [6.45, 7) is 0.682. The van der Waals surface area contributed by atoms with Gasteiger partial charge < -0.3 is 16.4 Å². The summed E-state index contributed by atoms with van der Waals surface area (Å²) in [5.74, 6) is 1.57. The van der Waals surface area contributed by atoms with Gasteiger partial charge >= 0.3 is 0 Å². The van der Waals surface area contributed by atoms with Crippen LogP contribution in [0.2, 0.25) is 10.0 Å². The van der Waals surface area contributed by atoms with Crippen LogP contribution in [0.4, 0.5) is 17.6 Å². The number of nitrogens with zero attached hydrogens (tertiary/aromatic N) is 2. The van der Waals surface area contributed by atoms with E-state index in [9.17, 15) is 0 Å². The van der Waals surface area contributed by atoms with Crippen LogP contribution in [-0.4, -0.2) is 23.6 Å². The van der Waals surface area contributed by atoms with Crippen molar-refractivity contribution in [3.05, 3.63) is 39.9 Å². The molecule has 0 radical (unpaired) electrons. The summed E-state index contributed by atoms with van der Waals surface area (Å²) < 4.78 is 0. The zero-order chi connectivity index (χ0) is 14.5. The Morgan fingerprint density at radius 1 is 1.15 bits per heavy atom. The van der Waals surface area contributed by atoms with E-state index in [1.807, 2.05) is 12.1 Å². The van der Waals surface area contributed by atoms with Crippen LogP contribution in [0.3, 0.4) is 0 Å². The SMILES string of the molecule is CNc1cc(NCCc2ccc(Cl)cc2Cl)nc(N)n1. The van der Waals surface area contributed by atoms with Gasteiger partial charge in [0.1, 0.15) is 11.6 Å². The van der Waals surface area contributed by atoms with Crippen LogP contribution in [-0.2, 0) is 6.42 Å². The number of hydrogen-bond donors (Lipinski definition) is 3. The van der Waals surface area contributed by atoms with Crippen molar-refractivity contribution < 1.29 is 0 Å². The normalized spacial score (nSPS) is 10.3. The summed E-state index contributed by atoms with van der Waals surface area (Å²) >= 11 is 12.0. The highest BCUT2D eigenvalue weighted by Gasteiger charge is 2.03. The molecule has 2 rings (SSSR count). The monoisotopic (exact) mass is 311 g/mol. The Hall–Kier alpha value is -1.72. The number of nitrogens with two attached hydrogens (primary N) is 1. The first-order valence-electron chi connectivity index (χ1n) is 6.08. The molecule has 20 heavy (non-hydrogen) atoms. The molecule has 0 saturated carbocycles. The zero-order valence-corrected chi connectivity index (χ0v) is 12.5. The van der Waals surface area contributed by atoms with E-state index in [4.69, 9.17) is 28.9 Å². The average Bonchev–Trinajstić information content (AvgIpc) is 2.40. The van der Waals surface area contributed by atoms with Crippen LogP contribution in [0, 0.1) is 0 Å². The summed E-state index contributed by atoms with van der Waals surface area (Å²) in [5.41, 5.74) is 6.65. The minimum Gasteiger partial charge on any atom is -0.373 e. The van der Waals surface area contributed by atoms with Gasteiger partial charge in [-0.15, -0.1) is 0 Å². The summed E-state index contributed by atoms with van der Waals surface area (Å²) in [7, 11) is 1.78. The number of benzene rings is 1. The molecule has 106 valence electrons. The highest BCUT2D eigenvalue weighted by atomic mass is 35.5. The van der Waals surface area contributed by atoms with Crippen molar-refractivity contribution in [2.24, 2.45) is 0 Å². The van der Waals surface area contributed by atoms with Crippen LogP contribution >= 0.6 is 23.2 Å². The molecule has 7 heteroatoms. The van der Waals surface area contributed by atoms with Gasteiger partial charge in [0.05, 0.1) is 0 Å². The Bertz CT molecular complexity index is 603. The number of nitrogen functional groups attached to an aromatic ring is 1. The number of anilines is 3. The minimum absolute atomic E-state index is 0.226. The first-order chi connectivity index (χ1) is 9.58. The fraction of sp³-hybridized carbons (Fsp3) is 0.231. The molecule has 0 amide bonds. The number of hydrogen-bond acceptors (Lipinski definition) is 5. The van der Waals surface area contributed by atoms with Gasteiger partial charge in [0, 0.05) is 29.7 Å². The van der Waals surface area contributed by atoms with E-state index in [2.05, 4.69) is 20.6 Å². The van der Waals surface area contributed by atoms with Crippen LogP contribution in [0.15, 0.2) is 24.3 Å². The molecule has 5 nitrogen and oxygen atoms in total. The lowest BCUT2D eigenvalue weighted by atomic mass is 10.1. The molecule has 4 N–H and O–H groups in total. The predicted molar refractivity (Wildman–Crippen MR) is 84.6 cm³/mol. The zero-order valence-electron chi connectivity index (χ0n) is 11.0. The molecular weight excluding hydrogens is 297 g/mol. The molecule has 1 heterocycles. The smallest absolute Gasteiger partial charge is 0.223 e. The van der Waals surface area contributed by atoms with E-state index in [0.29, 0.717) is 28.2 Å². The third-order valence-electron chi connectivity index (χ3n) is 2.72. The van der Waals surface area contributed by atoms with Gasteiger partial charge in [-0.05, 0) is 24.1 Å². The van der Waals surface area contributed by atoms with Crippen molar-refractivity contribution in [3.8, 4) is 0 Å². The summed E-state index contributed by atoms with van der Waals surface area (Å²) in [6, 6.07) is 7.27. The molecular formula is C13H15Cl2N5. The molecule has 0 atom stereocenters. The number of aromatic nitrogens is 2. The standard InChI is InChI=1S/C13H15Cl2N5/c1-17-11-7-12(20-13(16)19-11)18-5-4-8-2-3-9(14)6-10(8)15/h2-3,6-7H,4-5H2,1H3,(H4,16,17,18,19,20). The first kappa shape index (κ1) is 14.7. The highest BCUT2D eigenvalue weighted by molar-refractivity contribution is 6.35. The first-order valence-corrected chi connectivity index (χ1v) is 6.84. The molecule has 2 aromatic rings. The average molecular weight is 312 g/mol. The third-order valence-corrected chi connectivity index (χ3v) is 3.30. The Labute approximate surface area is 127 Å². The number of rotatable bonds is 5. The van der Waals surface area contributed by atoms with Crippen molar-refractivity contribution in [2.75, 3.05) is 30.0 Å². The molecule has 0 aliphatic rings. The Morgan fingerprint density at radius 2 is 1.90 bits per heavy atom. The van der Waals surface area contributed by atoms with E-state index in [0.717, 1.165) is 12.0 Å². The fourth-order valence-corrected chi connectivity index (χ4v) is 2.24. The topological polar surface area (TPSA) is 75.9 Å². The lowest BCUT2D eigenvalue weighted by Crippen LogP contribution is -2.09. The quantitative estimate of drug-likeness (QED) is 0.791. The molecule has 0 spiro atoms. The lowest BCUT2D eigenvalue weighted by molar-refractivity contribution is 1.00. The van der Waals surface area contributed by atoms with E-state index in [1.54, 1.807) is 19.2 Å². The van der Waals surface area contributed by atoms with Gasteiger partial charge in [0.25, 0.3) is 0 Å². The molecule has 1 aromatic carbocycles. The number of halogens is 2. The third kappa shape index (κ3) is 3.88. The van der Waals surface area contributed by atoms with E-state index < -0.39 is 0 Å². The van der Waals surface area contributed by atoms with Crippen LogP contribution < -0.4 is 16.4 Å². The summed E-state index contributed by atoms with van der Waals surface area (Å²) in [5, 5.41) is 7.41. The Kier molecular flexibility index (Phi) is 4.87. The molecule has 0 saturated heterocycles.